The van der Waals surface area contributed by atoms with Gasteiger partial charge in [-0.3, -0.25) is 4.18 Å². The molecular weight excluding hydrogens is 210 g/mol. The molecule has 14 heavy (non-hydrogen) atoms. The van der Waals surface area contributed by atoms with Crippen LogP contribution in [0.25, 0.3) is 0 Å². The Balaban J connectivity index is 3.63. The van der Waals surface area contributed by atoms with Crippen molar-refractivity contribution in [2.75, 3.05) is 19.8 Å². The number of rotatable bonds is 7. The minimum Gasteiger partial charge on any atom is -0.750 e. The topological polar surface area (TPSA) is 102 Å². The van der Waals surface area contributed by atoms with Gasteiger partial charge in [0.05, 0.1) is 30.7 Å². The summed E-state index contributed by atoms with van der Waals surface area (Å²) < 4.78 is 24.1. The van der Waals surface area contributed by atoms with Crippen LogP contribution in [-0.4, -0.2) is 50.4 Å². The predicted octanol–water partition coefficient (Wildman–Crippen LogP) is -1.48. The van der Waals surface area contributed by atoms with Gasteiger partial charge in [0.2, 0.25) is 0 Å². The Morgan fingerprint density at radius 2 is 2.21 bits per heavy atom. The number of aliphatic hydroxyl groups is 2. The summed E-state index contributed by atoms with van der Waals surface area (Å²) in [5, 5.41) is 20.9. The van der Waals surface area contributed by atoms with Crippen LogP contribution in [0.1, 0.15) is 13.8 Å². The molecule has 0 rings (SSSR count). The third-order valence-electron chi connectivity index (χ3n) is 1.57. The summed E-state index contributed by atoms with van der Waals surface area (Å²) in [5.74, 6) is 0. The first-order valence-electron chi connectivity index (χ1n) is 4.14. The molecule has 0 saturated heterocycles. The quantitative estimate of drug-likeness (QED) is 0.457. The second-order valence-electron chi connectivity index (χ2n) is 3.57. The van der Waals surface area contributed by atoms with Gasteiger partial charge in [0, 0.05) is 12.1 Å². The van der Waals surface area contributed by atoms with Crippen LogP contribution in [0.15, 0.2) is 0 Å². The predicted molar refractivity (Wildman–Crippen MR) is 50.0 cm³/mol. The lowest BCUT2D eigenvalue weighted by Crippen LogP contribution is -2.46. The number of β-amino-alcohol motifs (C(OH)–C–C–N with tert-alkyl or cyclic N) is 1. The molecule has 2 unspecified atom stereocenters. The molecule has 3 N–H and O–H groups in total. The smallest absolute Gasteiger partial charge is 0.0911 e. The van der Waals surface area contributed by atoms with Gasteiger partial charge < -0.3 is 20.1 Å². The molecule has 0 aromatic heterocycles. The van der Waals surface area contributed by atoms with E-state index in [2.05, 4.69) is 9.50 Å². The van der Waals surface area contributed by atoms with Crippen molar-refractivity contribution in [3.8, 4) is 0 Å². The molecule has 0 amide bonds. The largest absolute Gasteiger partial charge is 0.750 e. The zero-order chi connectivity index (χ0) is 11.2. The first kappa shape index (κ1) is 13.9. The summed E-state index contributed by atoms with van der Waals surface area (Å²) in [6.07, 6.45) is -0.918. The summed E-state index contributed by atoms with van der Waals surface area (Å²) >= 11 is -2.60. The monoisotopic (exact) mass is 226 g/mol. The van der Waals surface area contributed by atoms with Crippen LogP contribution < -0.4 is 5.32 Å². The summed E-state index contributed by atoms with van der Waals surface area (Å²) in [7, 11) is 0. The first-order chi connectivity index (χ1) is 6.37. The van der Waals surface area contributed by atoms with Crippen LogP contribution >= 0.6 is 0 Å². The van der Waals surface area contributed by atoms with E-state index in [1.807, 2.05) is 0 Å². The zero-order valence-corrected chi connectivity index (χ0v) is 9.04. The fourth-order valence-electron chi connectivity index (χ4n) is 0.643. The average molecular weight is 226 g/mol. The molecule has 0 bridgehead atoms. The summed E-state index contributed by atoms with van der Waals surface area (Å²) in [5.41, 5.74) is -0.502. The summed E-state index contributed by atoms with van der Waals surface area (Å²) in [6.45, 7) is 3.31. The van der Waals surface area contributed by atoms with E-state index in [-0.39, 0.29) is 19.8 Å². The molecule has 0 fully saturated rings. The van der Waals surface area contributed by atoms with Gasteiger partial charge in [-0.1, -0.05) is 0 Å². The van der Waals surface area contributed by atoms with E-state index in [4.69, 9.17) is 5.11 Å². The van der Waals surface area contributed by atoms with Crippen molar-refractivity contribution in [1.29, 1.82) is 0 Å². The number of aliphatic hydroxyl groups excluding tert-OH is 2. The molecule has 7 heteroatoms. The molecule has 0 spiro atoms. The molecule has 0 aromatic rings. The van der Waals surface area contributed by atoms with Crippen molar-refractivity contribution in [1.82, 2.24) is 5.32 Å². The maximum atomic E-state index is 9.97. The Hall–Kier alpha value is -0.0500. The summed E-state index contributed by atoms with van der Waals surface area (Å²) in [6, 6.07) is 0. The van der Waals surface area contributed by atoms with E-state index in [1.165, 1.54) is 0 Å². The molecule has 2 atom stereocenters. The molecule has 0 aliphatic carbocycles. The lowest BCUT2D eigenvalue weighted by atomic mass is 10.1. The van der Waals surface area contributed by atoms with Crippen LogP contribution in [0.2, 0.25) is 0 Å². The number of nitrogens with one attached hydrogen (secondary N) is 1. The van der Waals surface area contributed by atoms with Crippen molar-refractivity contribution < 1.29 is 23.2 Å². The Kier molecular flexibility index (Phi) is 6.41. The highest BCUT2D eigenvalue weighted by molar-refractivity contribution is 7.74. The molecule has 86 valence electrons. The van der Waals surface area contributed by atoms with Crippen LogP contribution in [-0.2, 0) is 15.5 Å². The maximum Gasteiger partial charge on any atom is 0.0911 e. The molecule has 0 aliphatic rings. The fraction of sp³-hybridized carbons (Fsp3) is 1.00. The van der Waals surface area contributed by atoms with Gasteiger partial charge in [-0.15, -0.1) is 0 Å². The first-order valence-corrected chi connectivity index (χ1v) is 5.14. The molecule has 0 aliphatic heterocycles. The highest BCUT2D eigenvalue weighted by atomic mass is 32.2. The van der Waals surface area contributed by atoms with E-state index in [0.29, 0.717) is 0 Å². The van der Waals surface area contributed by atoms with Gasteiger partial charge in [-0.2, -0.15) is 0 Å². The van der Waals surface area contributed by atoms with Crippen LogP contribution in [0.3, 0.4) is 0 Å². The summed E-state index contributed by atoms with van der Waals surface area (Å²) in [4.78, 5) is 0. The van der Waals surface area contributed by atoms with Gasteiger partial charge in [-0.25, -0.2) is 4.21 Å². The Labute approximate surface area is 85.8 Å². The molecule has 0 radical (unpaired) electrons. The molecule has 0 saturated carbocycles. The van der Waals surface area contributed by atoms with E-state index in [9.17, 15) is 13.9 Å². The van der Waals surface area contributed by atoms with Crippen molar-refractivity contribution in [3.05, 3.63) is 0 Å². The molecule has 0 aromatic carbocycles. The van der Waals surface area contributed by atoms with Crippen LogP contribution in [0.5, 0.6) is 0 Å². The van der Waals surface area contributed by atoms with Gasteiger partial charge in [0.1, 0.15) is 0 Å². The Morgan fingerprint density at radius 1 is 1.64 bits per heavy atom. The van der Waals surface area contributed by atoms with Crippen molar-refractivity contribution in [3.63, 3.8) is 0 Å². The molecule has 6 nitrogen and oxygen atoms in total. The van der Waals surface area contributed by atoms with Crippen molar-refractivity contribution >= 4 is 11.4 Å². The molecule has 0 heterocycles. The third kappa shape index (κ3) is 7.36. The number of hydrogen-bond acceptors (Lipinski definition) is 6. The lowest BCUT2D eigenvalue weighted by molar-refractivity contribution is 0.0917. The highest BCUT2D eigenvalue weighted by Crippen LogP contribution is 1.99. The highest BCUT2D eigenvalue weighted by Gasteiger charge is 2.16. The fourth-order valence-corrected chi connectivity index (χ4v) is 0.911. The van der Waals surface area contributed by atoms with E-state index in [0.717, 1.165) is 0 Å². The lowest BCUT2D eigenvalue weighted by Gasteiger charge is -2.25. The van der Waals surface area contributed by atoms with Gasteiger partial charge >= 0.3 is 0 Å². The Bertz CT molecular complexity index is 187. The van der Waals surface area contributed by atoms with E-state index >= 15 is 0 Å². The Morgan fingerprint density at radius 3 is 2.64 bits per heavy atom. The molecular formula is C7H16NO5S-. The minimum atomic E-state index is -2.60. The third-order valence-corrected chi connectivity index (χ3v) is 1.90. The second-order valence-corrected chi connectivity index (χ2v) is 4.21. The van der Waals surface area contributed by atoms with Gasteiger partial charge in [0.25, 0.3) is 0 Å². The maximum absolute atomic E-state index is 9.97. The normalized spacial score (nSPS) is 16.6. The SMILES string of the molecule is CC(C)(CO)NCC(O)COS(=O)[O-]. The van der Waals surface area contributed by atoms with E-state index < -0.39 is 23.0 Å². The van der Waals surface area contributed by atoms with Crippen LogP contribution in [0, 0.1) is 0 Å². The van der Waals surface area contributed by atoms with Crippen molar-refractivity contribution in [2.45, 2.75) is 25.5 Å². The van der Waals surface area contributed by atoms with Crippen LogP contribution in [0.4, 0.5) is 0 Å². The van der Waals surface area contributed by atoms with Crippen molar-refractivity contribution in [2.24, 2.45) is 0 Å². The average Bonchev–Trinajstić information content (AvgIpc) is 2.11. The zero-order valence-electron chi connectivity index (χ0n) is 8.23. The van der Waals surface area contributed by atoms with Gasteiger partial charge in [-0.05, 0) is 13.8 Å². The van der Waals surface area contributed by atoms with Gasteiger partial charge in [0.15, 0.2) is 0 Å². The standard InChI is InChI=1S/C7H17NO5S/c1-7(2,5-9)8-3-6(10)4-13-14(11)12/h6,8-10H,3-5H2,1-2H3,(H,11,12)/p-1. The minimum absolute atomic E-state index is 0.0753. The number of hydrogen-bond donors (Lipinski definition) is 3. The van der Waals surface area contributed by atoms with E-state index in [1.54, 1.807) is 13.8 Å². The second kappa shape index (κ2) is 6.44.